The lowest BCUT2D eigenvalue weighted by Gasteiger charge is -2.65. The molecule has 8 heteroatoms. The second kappa shape index (κ2) is 14.9. The number of methoxy groups -OCH3 is 3. The molecule has 0 radical (unpaired) electrons. The topological polar surface area (TPSA) is 106 Å². The maximum Gasteiger partial charge on any atom is 0.309 e. The molecule has 10 unspecified atom stereocenters. The van der Waals surface area contributed by atoms with Crippen LogP contribution in [0.2, 0.25) is 0 Å². The first-order valence-corrected chi connectivity index (χ1v) is 15.2. The number of hydrogen-bond acceptors (Lipinski definition) is 8. The lowest BCUT2D eigenvalue weighted by atomic mass is 9.42. The normalized spacial score (nSPS) is 40.3. The number of carbonyl (C=O) groups excluding carboxylic acids is 1. The third-order valence-corrected chi connectivity index (χ3v) is 11.7. The molecule has 4 aliphatic carbocycles. The summed E-state index contributed by atoms with van der Waals surface area (Å²) in [4.78, 5) is 17.3. The van der Waals surface area contributed by atoms with Gasteiger partial charge in [0, 0.05) is 32.8 Å². The van der Waals surface area contributed by atoms with E-state index in [9.17, 15) is 10.1 Å². The summed E-state index contributed by atoms with van der Waals surface area (Å²) in [5.74, 6) is 2.44. The van der Waals surface area contributed by atoms with Gasteiger partial charge in [0.2, 0.25) is 0 Å². The van der Waals surface area contributed by atoms with Gasteiger partial charge in [-0.2, -0.15) is 0 Å². The summed E-state index contributed by atoms with van der Waals surface area (Å²) in [6.45, 7) is 9.90. The van der Waals surface area contributed by atoms with E-state index in [0.717, 1.165) is 58.7 Å². The van der Waals surface area contributed by atoms with Gasteiger partial charge in [0.1, 0.15) is 0 Å². The van der Waals surface area contributed by atoms with Crippen LogP contribution in [0.25, 0.3) is 0 Å². The quantitative estimate of drug-likeness (QED) is 0.209. The van der Waals surface area contributed by atoms with Crippen LogP contribution >= 0.6 is 0 Å². The largest absolute Gasteiger partial charge is 0.469 e. The van der Waals surface area contributed by atoms with Crippen LogP contribution in [-0.4, -0.2) is 76.2 Å². The van der Waals surface area contributed by atoms with Crippen molar-refractivity contribution in [2.45, 2.75) is 110 Å². The van der Waals surface area contributed by atoms with E-state index >= 15 is 0 Å². The zero-order valence-corrected chi connectivity index (χ0v) is 26.3. The van der Waals surface area contributed by atoms with Crippen LogP contribution in [0.15, 0.2) is 0 Å². The Kier molecular flexibility index (Phi) is 13.2. The first-order chi connectivity index (χ1) is 18.6. The Morgan fingerprint density at radius 2 is 1.69 bits per heavy atom. The molecule has 0 bridgehead atoms. The molecule has 230 valence electrons. The second-order valence-electron chi connectivity index (χ2n) is 12.9. The fraction of sp³-hybridized carbons (Fsp3) is 0.968. The Labute approximate surface area is 237 Å². The summed E-state index contributed by atoms with van der Waals surface area (Å²) in [7, 11) is 8.12. The molecule has 4 aliphatic rings. The first-order valence-electron chi connectivity index (χ1n) is 15.2. The van der Waals surface area contributed by atoms with E-state index in [1.807, 2.05) is 0 Å². The summed E-state index contributed by atoms with van der Waals surface area (Å²) in [6.07, 6.45) is 11.2. The SMILES string of the molecule is CCC(OC)C(C)COC.CNC12CCC(C(=O)OC)C1(C)CCC1C2CCC2CC(OO)CCC21C.CO. The van der Waals surface area contributed by atoms with Crippen molar-refractivity contribution in [1.82, 2.24) is 5.32 Å². The van der Waals surface area contributed by atoms with Crippen molar-refractivity contribution in [3.8, 4) is 0 Å². The highest BCUT2D eigenvalue weighted by atomic mass is 17.1. The smallest absolute Gasteiger partial charge is 0.309 e. The molecular formula is C31H59NO7. The molecule has 0 saturated heterocycles. The van der Waals surface area contributed by atoms with Gasteiger partial charge < -0.3 is 24.6 Å². The predicted octanol–water partition coefficient (Wildman–Crippen LogP) is 5.32. The third kappa shape index (κ3) is 6.36. The number of hydrogen-bond donors (Lipinski definition) is 3. The number of carbonyl (C=O) groups is 1. The van der Waals surface area contributed by atoms with E-state index in [0.29, 0.717) is 35.2 Å². The Balaban J connectivity index is 0.000000378. The molecule has 4 rings (SSSR count). The monoisotopic (exact) mass is 557 g/mol. The molecule has 0 aromatic rings. The second-order valence-corrected chi connectivity index (χ2v) is 12.9. The number of rotatable bonds is 8. The zero-order chi connectivity index (χ0) is 29.4. The van der Waals surface area contributed by atoms with Gasteiger partial charge in [0.15, 0.2) is 0 Å². The van der Waals surface area contributed by atoms with Crippen molar-refractivity contribution in [2.75, 3.05) is 42.1 Å². The Hall–Kier alpha value is -0.770. The summed E-state index contributed by atoms with van der Waals surface area (Å²) >= 11 is 0. The van der Waals surface area contributed by atoms with Crippen LogP contribution in [0.4, 0.5) is 0 Å². The van der Waals surface area contributed by atoms with Crippen molar-refractivity contribution >= 4 is 5.97 Å². The number of aliphatic hydroxyl groups excluding tert-OH is 1. The summed E-state index contributed by atoms with van der Waals surface area (Å²) in [5, 5.41) is 20.0. The van der Waals surface area contributed by atoms with E-state index in [2.05, 4.69) is 40.1 Å². The molecule has 4 fully saturated rings. The minimum absolute atomic E-state index is 0.0138. The van der Waals surface area contributed by atoms with E-state index in [-0.39, 0.29) is 28.9 Å². The van der Waals surface area contributed by atoms with Gasteiger partial charge in [-0.3, -0.25) is 10.1 Å². The third-order valence-electron chi connectivity index (χ3n) is 11.7. The number of fused-ring (bicyclic) bond motifs is 5. The lowest BCUT2D eigenvalue weighted by Crippen LogP contribution is -2.67. The van der Waals surface area contributed by atoms with E-state index in [1.54, 1.807) is 14.2 Å². The molecule has 4 saturated carbocycles. The molecule has 0 amide bonds. The lowest BCUT2D eigenvalue weighted by molar-refractivity contribution is -0.296. The highest BCUT2D eigenvalue weighted by Gasteiger charge is 2.68. The van der Waals surface area contributed by atoms with Gasteiger partial charge in [-0.25, -0.2) is 4.89 Å². The zero-order valence-electron chi connectivity index (χ0n) is 26.3. The highest BCUT2D eigenvalue weighted by molar-refractivity contribution is 5.74. The van der Waals surface area contributed by atoms with Gasteiger partial charge in [0.05, 0.1) is 31.8 Å². The summed E-state index contributed by atoms with van der Waals surface area (Å²) in [6, 6.07) is 0. The summed E-state index contributed by atoms with van der Waals surface area (Å²) in [5.41, 5.74) is 0.337. The molecule has 3 N–H and O–H groups in total. The van der Waals surface area contributed by atoms with E-state index in [4.69, 9.17) is 24.2 Å². The molecule has 10 atom stereocenters. The molecule has 0 heterocycles. The number of aliphatic hydroxyl groups is 1. The first kappa shape index (κ1) is 34.4. The average molecular weight is 558 g/mol. The highest BCUT2D eigenvalue weighted by Crippen LogP contribution is 2.69. The number of nitrogens with one attached hydrogen (secondary N) is 1. The van der Waals surface area contributed by atoms with E-state index in [1.165, 1.54) is 26.4 Å². The molecule has 0 aliphatic heterocycles. The molecular weight excluding hydrogens is 498 g/mol. The van der Waals surface area contributed by atoms with Crippen LogP contribution < -0.4 is 5.32 Å². The Bertz CT molecular complexity index is 748. The number of esters is 1. The van der Waals surface area contributed by atoms with E-state index < -0.39 is 0 Å². The molecule has 0 spiro atoms. The van der Waals surface area contributed by atoms with Gasteiger partial charge in [0.25, 0.3) is 0 Å². The van der Waals surface area contributed by atoms with Crippen molar-refractivity contribution in [3.05, 3.63) is 0 Å². The standard InChI is InChI=1S/C22H37NO4.C8H18O2.CH4O/c1-20-10-7-15(27-25)13-14(20)5-6-17-16(20)8-11-21(2)18(19(24)26-4)9-12-22(17,21)23-3;1-5-8(10-4)7(2)6-9-3;1-2/h14-18,23,25H,5-13H2,1-4H3;7-8H,5-6H2,1-4H3;2H,1H3. The summed E-state index contributed by atoms with van der Waals surface area (Å²) < 4.78 is 15.4. The molecule has 0 aromatic carbocycles. The fourth-order valence-electron chi connectivity index (χ4n) is 9.61. The van der Waals surface area contributed by atoms with Crippen LogP contribution in [0.1, 0.15) is 91.9 Å². The predicted molar refractivity (Wildman–Crippen MR) is 153 cm³/mol. The van der Waals surface area contributed by atoms with Crippen molar-refractivity contribution < 1.29 is 34.3 Å². The van der Waals surface area contributed by atoms with Crippen LogP contribution in [0.5, 0.6) is 0 Å². The van der Waals surface area contributed by atoms with Crippen molar-refractivity contribution in [2.24, 2.45) is 40.4 Å². The number of ether oxygens (including phenoxy) is 3. The van der Waals surface area contributed by atoms with Gasteiger partial charge >= 0.3 is 5.97 Å². The minimum atomic E-state index is -0.0232. The Morgan fingerprint density at radius 1 is 1.00 bits per heavy atom. The van der Waals surface area contributed by atoms with Crippen LogP contribution in [-0.2, 0) is 23.9 Å². The van der Waals surface area contributed by atoms with Gasteiger partial charge in [-0.15, -0.1) is 0 Å². The maximum atomic E-state index is 12.6. The average Bonchev–Trinajstić information content (AvgIpc) is 3.27. The molecule has 0 aromatic heterocycles. The molecule has 8 nitrogen and oxygen atoms in total. The minimum Gasteiger partial charge on any atom is -0.469 e. The van der Waals surface area contributed by atoms with Crippen LogP contribution in [0.3, 0.4) is 0 Å². The van der Waals surface area contributed by atoms with Crippen LogP contribution in [0, 0.1) is 40.4 Å². The van der Waals surface area contributed by atoms with Gasteiger partial charge in [-0.1, -0.05) is 27.7 Å². The van der Waals surface area contributed by atoms with Crippen molar-refractivity contribution in [1.29, 1.82) is 0 Å². The fourth-order valence-corrected chi connectivity index (χ4v) is 9.61. The Morgan fingerprint density at radius 3 is 2.23 bits per heavy atom. The van der Waals surface area contributed by atoms with Crippen molar-refractivity contribution in [3.63, 3.8) is 0 Å². The van der Waals surface area contributed by atoms with Gasteiger partial charge in [-0.05, 0) is 99.8 Å². The maximum absolute atomic E-state index is 12.6. The molecule has 39 heavy (non-hydrogen) atoms.